The number of carbonyl (C=O) groups is 1. The summed E-state index contributed by atoms with van der Waals surface area (Å²) in [6, 6.07) is -0.904. The smallest absolute Gasteiger partial charge is 0.260 e. The van der Waals surface area contributed by atoms with Crippen molar-refractivity contribution in [2.24, 2.45) is 11.8 Å². The van der Waals surface area contributed by atoms with E-state index in [0.29, 0.717) is 29.6 Å². The van der Waals surface area contributed by atoms with Crippen molar-refractivity contribution in [3.8, 4) is 0 Å². The summed E-state index contributed by atoms with van der Waals surface area (Å²) < 4.78 is 28.2. The number of fused-ring (bicyclic) bond motifs is 1. The van der Waals surface area contributed by atoms with Gasteiger partial charge in [-0.1, -0.05) is 6.92 Å². The monoisotopic (exact) mass is 324 g/mol. The largest absolute Gasteiger partial charge is 0.367 e. The van der Waals surface area contributed by atoms with Crippen LogP contribution in [0.25, 0.3) is 0 Å². The number of carbonyl (C=O) groups excluding carboxylic acids is 1. The van der Waals surface area contributed by atoms with Crippen molar-refractivity contribution in [1.29, 1.82) is 0 Å². The van der Waals surface area contributed by atoms with Crippen molar-refractivity contribution in [2.45, 2.75) is 51.1 Å². The summed E-state index contributed by atoms with van der Waals surface area (Å²) in [7, 11) is 0. The minimum atomic E-state index is -2.47. The van der Waals surface area contributed by atoms with Gasteiger partial charge in [-0.25, -0.2) is 13.5 Å². The van der Waals surface area contributed by atoms with Crippen LogP contribution in [0.4, 0.5) is 14.6 Å². The van der Waals surface area contributed by atoms with Crippen LogP contribution in [0.1, 0.15) is 49.0 Å². The molecule has 1 N–H and O–H groups in total. The van der Waals surface area contributed by atoms with Gasteiger partial charge >= 0.3 is 0 Å². The second-order valence-electron chi connectivity index (χ2n) is 7.22. The van der Waals surface area contributed by atoms with E-state index in [-0.39, 0.29) is 11.9 Å². The first-order valence-electron chi connectivity index (χ1n) is 8.46. The number of anilines is 1. The predicted molar refractivity (Wildman–Crippen MR) is 81.7 cm³/mol. The molecule has 1 unspecified atom stereocenters. The Morgan fingerprint density at radius 1 is 1.39 bits per heavy atom. The Balaban J connectivity index is 1.64. The average molecular weight is 324 g/mol. The molecule has 1 aromatic rings. The molecule has 7 heteroatoms. The molecule has 4 rings (SSSR count). The van der Waals surface area contributed by atoms with Gasteiger partial charge in [-0.05, 0) is 37.5 Å². The van der Waals surface area contributed by atoms with Crippen molar-refractivity contribution in [3.05, 3.63) is 11.8 Å². The van der Waals surface area contributed by atoms with Crippen molar-refractivity contribution in [3.63, 3.8) is 0 Å². The Bertz CT molecular complexity index is 613. The van der Waals surface area contributed by atoms with Crippen molar-refractivity contribution < 1.29 is 13.6 Å². The zero-order chi connectivity index (χ0) is 16.1. The highest BCUT2D eigenvalue weighted by Crippen LogP contribution is 2.43. The number of alkyl halides is 2. The Morgan fingerprint density at radius 2 is 2.17 bits per heavy atom. The Hall–Kier alpha value is -1.66. The summed E-state index contributed by atoms with van der Waals surface area (Å²) in [5.41, 5.74) is 0.440. The molecule has 0 spiro atoms. The molecule has 5 nitrogen and oxygen atoms in total. The quantitative estimate of drug-likeness (QED) is 0.930. The lowest BCUT2D eigenvalue weighted by atomic mass is 10.00. The van der Waals surface area contributed by atoms with E-state index in [1.54, 1.807) is 0 Å². The highest BCUT2D eigenvalue weighted by Gasteiger charge is 2.42. The fraction of sp³-hybridized carbons (Fsp3) is 0.750. The SMILES string of the molecule is CC1CCN(C(=O)c2cnn3c2N[C@@H](C2CC2)C[C@H]3C(F)F)C1. The first-order chi connectivity index (χ1) is 11.0. The maximum absolute atomic E-state index is 13.4. The number of nitrogens with zero attached hydrogens (tertiary/aromatic N) is 3. The molecule has 2 aliphatic heterocycles. The van der Waals surface area contributed by atoms with Gasteiger partial charge in [0.25, 0.3) is 12.3 Å². The van der Waals surface area contributed by atoms with Gasteiger partial charge in [0.1, 0.15) is 17.4 Å². The highest BCUT2D eigenvalue weighted by molar-refractivity contribution is 5.99. The van der Waals surface area contributed by atoms with Gasteiger partial charge in [-0.3, -0.25) is 4.79 Å². The van der Waals surface area contributed by atoms with Crippen LogP contribution in [-0.2, 0) is 0 Å². The number of rotatable bonds is 3. The van der Waals surface area contributed by atoms with E-state index in [2.05, 4.69) is 17.3 Å². The number of nitrogens with one attached hydrogen (secondary N) is 1. The summed E-state index contributed by atoms with van der Waals surface area (Å²) in [6.07, 6.45) is 2.52. The third kappa shape index (κ3) is 2.60. The molecular weight excluding hydrogens is 302 g/mol. The Kier molecular flexibility index (Phi) is 3.54. The molecule has 3 heterocycles. The molecule has 1 saturated carbocycles. The van der Waals surface area contributed by atoms with Crippen molar-refractivity contribution >= 4 is 11.7 Å². The molecule has 23 heavy (non-hydrogen) atoms. The zero-order valence-corrected chi connectivity index (χ0v) is 13.2. The molecule has 1 aromatic heterocycles. The lowest BCUT2D eigenvalue weighted by molar-refractivity contribution is 0.0641. The van der Waals surface area contributed by atoms with E-state index in [1.165, 1.54) is 10.9 Å². The van der Waals surface area contributed by atoms with E-state index in [0.717, 1.165) is 32.4 Å². The number of aromatic nitrogens is 2. The minimum absolute atomic E-state index is 0.0299. The van der Waals surface area contributed by atoms with Crippen molar-refractivity contribution in [1.82, 2.24) is 14.7 Å². The van der Waals surface area contributed by atoms with Crippen LogP contribution >= 0.6 is 0 Å². The van der Waals surface area contributed by atoms with Gasteiger partial charge in [0.15, 0.2) is 0 Å². The molecule has 0 bridgehead atoms. The van der Waals surface area contributed by atoms with Crippen molar-refractivity contribution in [2.75, 3.05) is 18.4 Å². The van der Waals surface area contributed by atoms with Crippen LogP contribution in [0.2, 0.25) is 0 Å². The molecule has 1 saturated heterocycles. The average Bonchev–Trinajstić information content (AvgIpc) is 3.15. The number of likely N-dealkylation sites (tertiary alicyclic amines) is 1. The summed E-state index contributed by atoms with van der Waals surface area (Å²) >= 11 is 0. The summed E-state index contributed by atoms with van der Waals surface area (Å²) in [4.78, 5) is 14.5. The first-order valence-corrected chi connectivity index (χ1v) is 8.46. The summed E-state index contributed by atoms with van der Waals surface area (Å²) in [5.74, 6) is 1.34. The maximum atomic E-state index is 13.4. The van der Waals surface area contributed by atoms with Gasteiger partial charge < -0.3 is 10.2 Å². The molecule has 3 aliphatic rings. The van der Waals surface area contributed by atoms with Crippen LogP contribution in [0.5, 0.6) is 0 Å². The molecule has 2 fully saturated rings. The minimum Gasteiger partial charge on any atom is -0.367 e. The number of halogens is 2. The molecule has 1 aliphatic carbocycles. The fourth-order valence-corrected chi connectivity index (χ4v) is 3.82. The van der Waals surface area contributed by atoms with Gasteiger partial charge in [0.2, 0.25) is 0 Å². The normalized spacial score (nSPS) is 30.4. The number of hydrogen-bond donors (Lipinski definition) is 1. The first kappa shape index (κ1) is 14.9. The van der Waals surface area contributed by atoms with Crippen LogP contribution < -0.4 is 5.32 Å². The number of hydrogen-bond acceptors (Lipinski definition) is 3. The van der Waals surface area contributed by atoms with Gasteiger partial charge in [0, 0.05) is 19.1 Å². The molecule has 0 radical (unpaired) electrons. The maximum Gasteiger partial charge on any atom is 0.260 e. The predicted octanol–water partition coefficient (Wildman–Crippen LogP) is 2.77. The van der Waals surface area contributed by atoms with Gasteiger partial charge in [0.05, 0.1) is 6.20 Å². The lowest BCUT2D eigenvalue weighted by Gasteiger charge is -2.32. The van der Waals surface area contributed by atoms with E-state index in [1.807, 2.05) is 4.90 Å². The van der Waals surface area contributed by atoms with Crippen LogP contribution in [-0.4, -0.2) is 46.1 Å². The molecule has 0 aromatic carbocycles. The van der Waals surface area contributed by atoms with Crippen LogP contribution in [0.15, 0.2) is 6.20 Å². The van der Waals surface area contributed by atoms with Gasteiger partial charge in [-0.15, -0.1) is 0 Å². The Labute approximate surface area is 134 Å². The fourth-order valence-electron chi connectivity index (χ4n) is 3.82. The molecule has 126 valence electrons. The summed E-state index contributed by atoms with van der Waals surface area (Å²) in [5, 5.41) is 7.44. The topological polar surface area (TPSA) is 50.2 Å². The third-order valence-corrected chi connectivity index (χ3v) is 5.35. The molecule has 3 atom stereocenters. The highest BCUT2D eigenvalue weighted by atomic mass is 19.3. The van der Waals surface area contributed by atoms with Gasteiger partial charge in [-0.2, -0.15) is 5.10 Å². The van der Waals surface area contributed by atoms with E-state index < -0.39 is 12.5 Å². The van der Waals surface area contributed by atoms with E-state index in [4.69, 9.17) is 0 Å². The Morgan fingerprint density at radius 3 is 2.78 bits per heavy atom. The molecular formula is C16H22F2N4O. The third-order valence-electron chi connectivity index (χ3n) is 5.35. The van der Waals surface area contributed by atoms with Crippen LogP contribution in [0, 0.1) is 11.8 Å². The second kappa shape index (κ2) is 5.46. The zero-order valence-electron chi connectivity index (χ0n) is 13.2. The summed E-state index contributed by atoms with van der Waals surface area (Å²) in [6.45, 7) is 3.58. The molecule has 1 amide bonds. The standard InChI is InChI=1S/C16H22F2N4O/c1-9-4-5-21(8-9)16(23)11-7-19-22-13(14(17)18)6-12(10-2-3-10)20-15(11)22/h7,9-10,12-14,20H,2-6,8H2,1H3/t9?,12-,13+/m1/s1. The van der Waals surface area contributed by atoms with Crippen LogP contribution in [0.3, 0.4) is 0 Å². The van der Waals surface area contributed by atoms with E-state index >= 15 is 0 Å². The van der Waals surface area contributed by atoms with E-state index in [9.17, 15) is 13.6 Å². The second-order valence-corrected chi connectivity index (χ2v) is 7.22. The number of amides is 1. The lowest BCUT2D eigenvalue weighted by Crippen LogP contribution is -2.38.